The molecule has 16 heavy (non-hydrogen) atoms. The van der Waals surface area contributed by atoms with Gasteiger partial charge >= 0.3 is 5.97 Å². The van der Waals surface area contributed by atoms with Gasteiger partial charge in [0, 0.05) is 5.56 Å². The Labute approximate surface area is 94.0 Å². The van der Waals surface area contributed by atoms with E-state index >= 15 is 0 Å². The topological polar surface area (TPSA) is 57.5 Å². The van der Waals surface area contributed by atoms with Crippen LogP contribution in [0.5, 0.6) is 5.75 Å². The molecule has 2 N–H and O–H groups in total. The van der Waals surface area contributed by atoms with Gasteiger partial charge in [0.2, 0.25) is 0 Å². The number of allylic oxidation sites excluding steroid dienone is 2. The molecule has 0 fully saturated rings. The number of aliphatic carboxylic acids is 1. The summed E-state index contributed by atoms with van der Waals surface area (Å²) in [5.41, 5.74) is 2.77. The van der Waals surface area contributed by atoms with Crippen LogP contribution in [0.25, 0.3) is 5.57 Å². The Morgan fingerprint density at radius 1 is 1.38 bits per heavy atom. The molecular weight excluding hydrogens is 204 g/mol. The summed E-state index contributed by atoms with van der Waals surface area (Å²) in [5.74, 6) is -0.863. The molecule has 3 nitrogen and oxygen atoms in total. The number of benzene rings is 1. The third-order valence-corrected chi connectivity index (χ3v) is 2.83. The van der Waals surface area contributed by atoms with Gasteiger partial charge in [-0.3, -0.25) is 4.79 Å². The molecule has 84 valence electrons. The van der Waals surface area contributed by atoms with E-state index < -0.39 is 5.97 Å². The van der Waals surface area contributed by atoms with Crippen molar-refractivity contribution in [1.29, 1.82) is 0 Å². The van der Waals surface area contributed by atoms with Crippen LogP contribution in [0, 0.1) is 0 Å². The Hall–Kier alpha value is -1.77. The van der Waals surface area contributed by atoms with Crippen molar-refractivity contribution in [2.75, 3.05) is 0 Å². The quantitative estimate of drug-likeness (QED) is 0.819. The molecule has 2 rings (SSSR count). The number of aromatic hydroxyl groups is 1. The van der Waals surface area contributed by atoms with Crippen molar-refractivity contribution in [2.24, 2.45) is 0 Å². The van der Waals surface area contributed by atoms with Crippen molar-refractivity contribution in [2.45, 2.75) is 25.7 Å². The summed E-state index contributed by atoms with van der Waals surface area (Å²) in [6, 6.07) is 5.20. The SMILES string of the molecule is O=C(O)Cc1cc(C2=CCCC2)ccc1O. The Morgan fingerprint density at radius 3 is 2.81 bits per heavy atom. The van der Waals surface area contributed by atoms with Gasteiger partial charge in [0.25, 0.3) is 0 Å². The predicted molar refractivity (Wildman–Crippen MR) is 61.3 cm³/mol. The first-order valence-electron chi connectivity index (χ1n) is 5.40. The van der Waals surface area contributed by atoms with Gasteiger partial charge in [-0.1, -0.05) is 12.1 Å². The van der Waals surface area contributed by atoms with Crippen LogP contribution in [-0.2, 0) is 11.2 Å². The minimum atomic E-state index is -0.923. The minimum Gasteiger partial charge on any atom is -0.508 e. The fraction of sp³-hybridized carbons (Fsp3) is 0.308. The lowest BCUT2D eigenvalue weighted by molar-refractivity contribution is -0.136. The molecule has 0 saturated heterocycles. The van der Waals surface area contributed by atoms with Gasteiger partial charge in [-0.25, -0.2) is 0 Å². The lowest BCUT2D eigenvalue weighted by atomic mass is 10.0. The first-order chi connectivity index (χ1) is 7.66. The number of phenols is 1. The van der Waals surface area contributed by atoms with Gasteiger partial charge in [-0.05, 0) is 42.5 Å². The van der Waals surface area contributed by atoms with E-state index in [1.54, 1.807) is 12.1 Å². The van der Waals surface area contributed by atoms with Crippen LogP contribution in [0.1, 0.15) is 30.4 Å². The highest BCUT2D eigenvalue weighted by atomic mass is 16.4. The van der Waals surface area contributed by atoms with Crippen molar-refractivity contribution < 1.29 is 15.0 Å². The van der Waals surface area contributed by atoms with Crippen LogP contribution >= 0.6 is 0 Å². The Kier molecular flexibility index (Phi) is 2.95. The molecule has 0 aromatic heterocycles. The van der Waals surface area contributed by atoms with Crippen LogP contribution in [0.15, 0.2) is 24.3 Å². The molecule has 3 heteroatoms. The molecule has 0 spiro atoms. The first kappa shape index (κ1) is 10.7. The molecule has 0 aliphatic heterocycles. The molecule has 0 amide bonds. The summed E-state index contributed by atoms with van der Waals surface area (Å²) in [4.78, 5) is 10.6. The second kappa shape index (κ2) is 4.39. The van der Waals surface area contributed by atoms with Crippen molar-refractivity contribution in [1.82, 2.24) is 0 Å². The molecule has 0 saturated carbocycles. The molecule has 1 aliphatic carbocycles. The van der Waals surface area contributed by atoms with E-state index in [9.17, 15) is 9.90 Å². The summed E-state index contributed by atoms with van der Waals surface area (Å²) in [7, 11) is 0. The van der Waals surface area contributed by atoms with Crippen LogP contribution < -0.4 is 0 Å². The second-order valence-electron chi connectivity index (χ2n) is 4.04. The highest BCUT2D eigenvalue weighted by Crippen LogP contribution is 2.30. The summed E-state index contributed by atoms with van der Waals surface area (Å²) in [6.07, 6.45) is 5.33. The molecular formula is C13H14O3. The number of hydrogen-bond acceptors (Lipinski definition) is 2. The number of carbonyl (C=O) groups is 1. The van der Waals surface area contributed by atoms with E-state index in [1.165, 1.54) is 5.57 Å². The number of hydrogen-bond donors (Lipinski definition) is 2. The van der Waals surface area contributed by atoms with Crippen LogP contribution in [0.3, 0.4) is 0 Å². The van der Waals surface area contributed by atoms with Crippen molar-refractivity contribution in [3.8, 4) is 5.75 Å². The fourth-order valence-electron chi connectivity index (χ4n) is 2.02. The summed E-state index contributed by atoms with van der Waals surface area (Å²) < 4.78 is 0. The van der Waals surface area contributed by atoms with Gasteiger partial charge in [0.1, 0.15) is 5.75 Å². The normalized spacial score (nSPS) is 14.9. The van der Waals surface area contributed by atoms with E-state index in [1.807, 2.05) is 6.07 Å². The standard InChI is InChI=1S/C13H14O3/c14-12-6-5-10(9-3-1-2-4-9)7-11(12)8-13(15)16/h3,5-7,14H,1-2,4,8H2,(H,15,16). The Bertz CT molecular complexity index is 446. The lowest BCUT2D eigenvalue weighted by Gasteiger charge is -2.07. The maximum Gasteiger partial charge on any atom is 0.307 e. The van der Waals surface area contributed by atoms with Gasteiger partial charge in [-0.2, -0.15) is 0 Å². The number of phenolic OH excluding ortho intramolecular Hbond substituents is 1. The summed E-state index contributed by atoms with van der Waals surface area (Å²) >= 11 is 0. The van der Waals surface area contributed by atoms with Crippen LogP contribution in [0.2, 0.25) is 0 Å². The van der Waals surface area contributed by atoms with Crippen molar-refractivity contribution in [3.05, 3.63) is 35.4 Å². The highest BCUT2D eigenvalue weighted by Gasteiger charge is 2.11. The average molecular weight is 218 g/mol. The predicted octanol–water partition coefficient (Wildman–Crippen LogP) is 2.59. The van der Waals surface area contributed by atoms with E-state index in [2.05, 4.69) is 6.08 Å². The summed E-state index contributed by atoms with van der Waals surface area (Å²) in [5, 5.41) is 18.3. The fourth-order valence-corrected chi connectivity index (χ4v) is 2.02. The molecule has 0 bridgehead atoms. The third-order valence-electron chi connectivity index (χ3n) is 2.83. The molecule has 0 heterocycles. The van der Waals surface area contributed by atoms with E-state index in [0.717, 1.165) is 24.8 Å². The van der Waals surface area contributed by atoms with Gasteiger partial charge in [-0.15, -0.1) is 0 Å². The highest BCUT2D eigenvalue weighted by molar-refractivity contribution is 5.74. The number of rotatable bonds is 3. The van der Waals surface area contributed by atoms with Crippen molar-refractivity contribution >= 4 is 11.5 Å². The molecule has 1 aromatic rings. The van der Waals surface area contributed by atoms with E-state index in [4.69, 9.17) is 5.11 Å². The number of carboxylic acid groups (broad SMARTS) is 1. The van der Waals surface area contributed by atoms with E-state index in [-0.39, 0.29) is 12.2 Å². The van der Waals surface area contributed by atoms with Gasteiger partial charge < -0.3 is 10.2 Å². The van der Waals surface area contributed by atoms with Gasteiger partial charge in [0.15, 0.2) is 0 Å². The second-order valence-corrected chi connectivity index (χ2v) is 4.04. The van der Waals surface area contributed by atoms with Crippen LogP contribution in [0.4, 0.5) is 0 Å². The molecule has 1 aliphatic rings. The summed E-state index contributed by atoms with van der Waals surface area (Å²) in [6.45, 7) is 0. The Balaban J connectivity index is 2.31. The zero-order chi connectivity index (χ0) is 11.5. The minimum absolute atomic E-state index is 0.0600. The molecule has 0 radical (unpaired) electrons. The zero-order valence-electron chi connectivity index (χ0n) is 8.94. The number of carboxylic acids is 1. The third kappa shape index (κ3) is 2.24. The van der Waals surface area contributed by atoms with Gasteiger partial charge in [0.05, 0.1) is 6.42 Å². The lowest BCUT2D eigenvalue weighted by Crippen LogP contribution is -2.00. The largest absolute Gasteiger partial charge is 0.508 e. The van der Waals surface area contributed by atoms with E-state index in [0.29, 0.717) is 5.56 Å². The smallest absolute Gasteiger partial charge is 0.307 e. The molecule has 0 atom stereocenters. The maximum absolute atomic E-state index is 10.6. The van der Waals surface area contributed by atoms with Crippen LogP contribution in [-0.4, -0.2) is 16.2 Å². The molecule has 0 unspecified atom stereocenters. The maximum atomic E-state index is 10.6. The Morgan fingerprint density at radius 2 is 2.19 bits per heavy atom. The first-order valence-corrected chi connectivity index (χ1v) is 5.40. The molecule has 1 aromatic carbocycles. The average Bonchev–Trinajstić information content (AvgIpc) is 2.73. The van der Waals surface area contributed by atoms with Crippen molar-refractivity contribution in [3.63, 3.8) is 0 Å². The monoisotopic (exact) mass is 218 g/mol. The zero-order valence-corrected chi connectivity index (χ0v) is 8.94.